The zero-order valence-electron chi connectivity index (χ0n) is 11.9. The lowest BCUT2D eigenvalue weighted by molar-refractivity contribution is 0.0962. The van der Waals surface area contributed by atoms with Crippen LogP contribution in [0.15, 0.2) is 36.4 Å². The molecule has 2 aromatic carbocycles. The molecule has 21 heavy (non-hydrogen) atoms. The molecule has 0 aromatic heterocycles. The number of hydrogen-bond donors (Lipinski definition) is 3. The number of phenols is 1. The number of rotatable bonds is 4. The molecule has 110 valence electrons. The molecule has 0 saturated heterocycles. The van der Waals surface area contributed by atoms with Crippen molar-refractivity contribution in [2.24, 2.45) is 0 Å². The van der Waals surface area contributed by atoms with Gasteiger partial charge in [-0.25, -0.2) is 4.39 Å². The lowest BCUT2D eigenvalue weighted by Gasteiger charge is -2.13. The number of carbonyl (C=O) groups is 1. The van der Waals surface area contributed by atoms with E-state index in [1.54, 1.807) is 25.2 Å². The van der Waals surface area contributed by atoms with Crippen molar-refractivity contribution in [3.8, 4) is 5.75 Å². The fourth-order valence-electron chi connectivity index (χ4n) is 2.07. The maximum Gasteiger partial charge on any atom is 0.251 e. The lowest BCUT2D eigenvalue weighted by atomic mass is 10.1. The zero-order chi connectivity index (χ0) is 15.4. The molecule has 0 heterocycles. The Kier molecular flexibility index (Phi) is 4.42. The second kappa shape index (κ2) is 6.26. The summed E-state index contributed by atoms with van der Waals surface area (Å²) in [6, 6.07) is 9.64. The lowest BCUT2D eigenvalue weighted by Crippen LogP contribution is -2.19. The Morgan fingerprint density at radius 2 is 2.05 bits per heavy atom. The highest BCUT2D eigenvalue weighted by Gasteiger charge is 2.10. The summed E-state index contributed by atoms with van der Waals surface area (Å²) < 4.78 is 13.3. The Bertz CT molecular complexity index is 671. The van der Waals surface area contributed by atoms with E-state index in [4.69, 9.17) is 5.11 Å². The number of anilines is 1. The highest BCUT2D eigenvalue weighted by atomic mass is 19.1. The van der Waals surface area contributed by atoms with Crippen LogP contribution in [0.3, 0.4) is 0 Å². The van der Waals surface area contributed by atoms with Gasteiger partial charge in [0.1, 0.15) is 0 Å². The van der Waals surface area contributed by atoms with Gasteiger partial charge in [0.15, 0.2) is 11.6 Å². The van der Waals surface area contributed by atoms with Crippen molar-refractivity contribution < 1.29 is 14.3 Å². The number of aromatic hydroxyl groups is 1. The maximum absolute atomic E-state index is 13.3. The van der Waals surface area contributed by atoms with Crippen LogP contribution < -0.4 is 10.6 Å². The number of carbonyl (C=O) groups excluding carboxylic acids is 1. The van der Waals surface area contributed by atoms with Crippen molar-refractivity contribution >= 4 is 11.6 Å². The standard InChI is InChI=1S/C16H17FN2O2/c1-10-12(16(21)18-2)4-3-5-14(10)19-9-11-6-7-15(20)13(17)8-11/h3-8,19-20H,9H2,1-2H3,(H,18,21). The molecule has 0 bridgehead atoms. The van der Waals surface area contributed by atoms with E-state index in [1.807, 2.05) is 13.0 Å². The molecule has 0 atom stereocenters. The summed E-state index contributed by atoms with van der Waals surface area (Å²) in [7, 11) is 1.58. The van der Waals surface area contributed by atoms with E-state index in [1.165, 1.54) is 12.1 Å². The normalized spacial score (nSPS) is 10.2. The van der Waals surface area contributed by atoms with Crippen LogP contribution in [0.5, 0.6) is 5.75 Å². The molecule has 0 unspecified atom stereocenters. The third-order valence-electron chi connectivity index (χ3n) is 3.30. The summed E-state index contributed by atoms with van der Waals surface area (Å²) in [5, 5.41) is 14.9. The predicted octanol–water partition coefficient (Wildman–Crippen LogP) is 2.81. The molecule has 5 heteroatoms. The monoisotopic (exact) mass is 288 g/mol. The van der Waals surface area contributed by atoms with E-state index >= 15 is 0 Å². The minimum Gasteiger partial charge on any atom is -0.505 e. The van der Waals surface area contributed by atoms with E-state index in [2.05, 4.69) is 10.6 Å². The van der Waals surface area contributed by atoms with Crippen LogP contribution in [-0.2, 0) is 6.54 Å². The minimum atomic E-state index is -0.648. The van der Waals surface area contributed by atoms with Gasteiger partial charge in [0.05, 0.1) is 0 Å². The SMILES string of the molecule is CNC(=O)c1cccc(NCc2ccc(O)c(F)c2)c1C. The predicted molar refractivity (Wildman–Crippen MR) is 80.0 cm³/mol. The van der Waals surface area contributed by atoms with Gasteiger partial charge in [-0.2, -0.15) is 0 Å². The smallest absolute Gasteiger partial charge is 0.251 e. The third kappa shape index (κ3) is 3.31. The van der Waals surface area contributed by atoms with Crippen LogP contribution in [0.4, 0.5) is 10.1 Å². The van der Waals surface area contributed by atoms with Crippen LogP contribution in [0.2, 0.25) is 0 Å². The molecule has 4 nitrogen and oxygen atoms in total. The zero-order valence-corrected chi connectivity index (χ0v) is 11.9. The molecule has 0 saturated carbocycles. The van der Waals surface area contributed by atoms with Crippen molar-refractivity contribution in [3.63, 3.8) is 0 Å². The minimum absolute atomic E-state index is 0.146. The highest BCUT2D eigenvalue weighted by molar-refractivity contribution is 5.96. The van der Waals surface area contributed by atoms with Crippen LogP contribution in [-0.4, -0.2) is 18.1 Å². The third-order valence-corrected chi connectivity index (χ3v) is 3.30. The average Bonchev–Trinajstić information content (AvgIpc) is 2.49. The van der Waals surface area contributed by atoms with Crippen LogP contribution in [0.1, 0.15) is 21.5 Å². The van der Waals surface area contributed by atoms with Gasteiger partial charge in [-0.1, -0.05) is 12.1 Å². The number of amides is 1. The van der Waals surface area contributed by atoms with Gasteiger partial charge in [-0.05, 0) is 42.3 Å². The number of hydrogen-bond acceptors (Lipinski definition) is 3. The fourth-order valence-corrected chi connectivity index (χ4v) is 2.07. The molecule has 2 rings (SSSR count). The molecule has 1 amide bonds. The number of phenolic OH excluding ortho intramolecular Hbond substituents is 1. The second-order valence-electron chi connectivity index (χ2n) is 4.70. The molecule has 0 radical (unpaired) electrons. The number of halogens is 1. The van der Waals surface area contributed by atoms with Gasteiger partial charge in [0.25, 0.3) is 5.91 Å². The van der Waals surface area contributed by atoms with Crippen molar-refractivity contribution in [2.45, 2.75) is 13.5 Å². The second-order valence-corrected chi connectivity index (χ2v) is 4.70. The molecular formula is C16H17FN2O2. The Morgan fingerprint density at radius 1 is 1.29 bits per heavy atom. The number of benzene rings is 2. The summed E-state index contributed by atoms with van der Waals surface area (Å²) in [6.07, 6.45) is 0. The molecule has 0 fully saturated rings. The quantitative estimate of drug-likeness (QED) is 0.810. The summed E-state index contributed by atoms with van der Waals surface area (Å²) >= 11 is 0. The van der Waals surface area contributed by atoms with E-state index in [-0.39, 0.29) is 11.7 Å². The van der Waals surface area contributed by atoms with Gasteiger partial charge in [-0.3, -0.25) is 4.79 Å². The van der Waals surface area contributed by atoms with E-state index in [9.17, 15) is 9.18 Å². The summed E-state index contributed by atoms with van der Waals surface area (Å²) in [5.74, 6) is -1.16. The first-order valence-corrected chi connectivity index (χ1v) is 6.56. The molecule has 0 aliphatic carbocycles. The van der Waals surface area contributed by atoms with E-state index in [0.717, 1.165) is 11.3 Å². The molecule has 0 aliphatic heterocycles. The Morgan fingerprint density at radius 3 is 2.71 bits per heavy atom. The van der Waals surface area contributed by atoms with Gasteiger partial charge in [-0.15, -0.1) is 0 Å². The molecule has 0 aliphatic rings. The Balaban J connectivity index is 2.16. The maximum atomic E-state index is 13.3. The summed E-state index contributed by atoms with van der Waals surface area (Å²) in [6.45, 7) is 2.25. The largest absolute Gasteiger partial charge is 0.505 e. The first-order chi connectivity index (χ1) is 10.0. The average molecular weight is 288 g/mol. The van der Waals surface area contributed by atoms with Gasteiger partial charge in [0, 0.05) is 24.8 Å². The van der Waals surface area contributed by atoms with Gasteiger partial charge in [0.2, 0.25) is 0 Å². The van der Waals surface area contributed by atoms with Crippen LogP contribution in [0.25, 0.3) is 0 Å². The van der Waals surface area contributed by atoms with E-state index in [0.29, 0.717) is 17.7 Å². The first-order valence-electron chi connectivity index (χ1n) is 6.56. The molecular weight excluding hydrogens is 271 g/mol. The van der Waals surface area contributed by atoms with Crippen molar-refractivity contribution in [1.29, 1.82) is 0 Å². The molecule has 0 spiro atoms. The molecule has 3 N–H and O–H groups in total. The van der Waals surface area contributed by atoms with Crippen molar-refractivity contribution in [2.75, 3.05) is 12.4 Å². The van der Waals surface area contributed by atoms with E-state index < -0.39 is 5.82 Å². The van der Waals surface area contributed by atoms with Crippen molar-refractivity contribution in [1.82, 2.24) is 5.32 Å². The Labute approximate surface area is 122 Å². The summed E-state index contributed by atoms with van der Waals surface area (Å²) in [4.78, 5) is 11.7. The molecule has 2 aromatic rings. The fraction of sp³-hybridized carbons (Fsp3) is 0.188. The van der Waals surface area contributed by atoms with Gasteiger partial charge < -0.3 is 15.7 Å². The van der Waals surface area contributed by atoms with Crippen molar-refractivity contribution in [3.05, 3.63) is 58.9 Å². The number of nitrogens with one attached hydrogen (secondary N) is 2. The highest BCUT2D eigenvalue weighted by Crippen LogP contribution is 2.21. The topological polar surface area (TPSA) is 61.4 Å². The van der Waals surface area contributed by atoms with Gasteiger partial charge >= 0.3 is 0 Å². The first kappa shape index (κ1) is 14.8. The summed E-state index contributed by atoms with van der Waals surface area (Å²) in [5.41, 5.74) is 2.94. The Hall–Kier alpha value is -2.56. The van der Waals surface area contributed by atoms with Crippen LogP contribution >= 0.6 is 0 Å². The van der Waals surface area contributed by atoms with Crippen LogP contribution in [0, 0.1) is 12.7 Å².